The van der Waals surface area contributed by atoms with Crippen molar-refractivity contribution in [3.8, 4) is 0 Å². The average molecular weight is 327 g/mol. The van der Waals surface area contributed by atoms with Crippen molar-refractivity contribution in [2.45, 2.75) is 31.7 Å². The van der Waals surface area contributed by atoms with Crippen molar-refractivity contribution in [1.82, 2.24) is 25.0 Å². The van der Waals surface area contributed by atoms with E-state index < -0.39 is 0 Å². The maximum Gasteiger partial charge on any atom is 0.256 e. The number of rotatable bonds is 4. The van der Waals surface area contributed by atoms with E-state index in [2.05, 4.69) is 33.1 Å². The highest BCUT2D eigenvalue weighted by Crippen LogP contribution is 2.35. The molecule has 1 unspecified atom stereocenters. The third kappa shape index (κ3) is 3.33. The lowest BCUT2D eigenvalue weighted by Crippen LogP contribution is -2.45. The average Bonchev–Trinajstić information content (AvgIpc) is 3.05. The van der Waals surface area contributed by atoms with Gasteiger partial charge in [0.15, 0.2) is 0 Å². The Hall–Kier alpha value is -2.21. The Morgan fingerprint density at radius 1 is 1.42 bits per heavy atom. The minimum absolute atomic E-state index is 0.00169. The van der Waals surface area contributed by atoms with Gasteiger partial charge in [-0.2, -0.15) is 5.10 Å². The molecule has 24 heavy (non-hydrogen) atoms. The molecule has 128 valence electrons. The molecular weight excluding hydrogens is 302 g/mol. The molecule has 1 N–H and O–H groups in total. The van der Waals surface area contributed by atoms with Gasteiger partial charge in [-0.1, -0.05) is 13.0 Å². The van der Waals surface area contributed by atoms with Gasteiger partial charge in [-0.05, 0) is 31.5 Å². The molecule has 1 aliphatic heterocycles. The molecule has 6 nitrogen and oxygen atoms in total. The van der Waals surface area contributed by atoms with E-state index in [0.29, 0.717) is 5.56 Å². The summed E-state index contributed by atoms with van der Waals surface area (Å²) < 4.78 is 0. The first-order chi connectivity index (χ1) is 11.5. The first-order valence-corrected chi connectivity index (χ1v) is 8.37. The van der Waals surface area contributed by atoms with Gasteiger partial charge in [0.25, 0.3) is 5.91 Å². The molecule has 1 fully saturated rings. The fourth-order valence-electron chi connectivity index (χ4n) is 3.55. The molecule has 0 aliphatic carbocycles. The lowest BCUT2D eigenvalue weighted by atomic mass is 9.77. The van der Waals surface area contributed by atoms with E-state index in [1.807, 2.05) is 18.3 Å². The highest BCUT2D eigenvalue weighted by Gasteiger charge is 2.37. The molecule has 1 atom stereocenters. The van der Waals surface area contributed by atoms with Crippen LogP contribution in [0.1, 0.15) is 41.5 Å². The fourth-order valence-corrected chi connectivity index (χ4v) is 3.55. The minimum Gasteiger partial charge on any atom is -0.345 e. The van der Waals surface area contributed by atoms with Crippen LogP contribution < -0.4 is 0 Å². The van der Waals surface area contributed by atoms with Crippen molar-refractivity contribution in [2.24, 2.45) is 0 Å². The smallest absolute Gasteiger partial charge is 0.256 e. The molecular formula is C18H25N5O. The molecule has 0 spiro atoms. The highest BCUT2D eigenvalue weighted by molar-refractivity contribution is 5.95. The SMILES string of the molecule is CN(C)C(=O)c1cn[nH]c1C1(C)CCCN(Cc2ccccn2)C1. The van der Waals surface area contributed by atoms with Crippen LogP contribution in [0.2, 0.25) is 0 Å². The van der Waals surface area contributed by atoms with Gasteiger partial charge in [0.1, 0.15) is 0 Å². The van der Waals surface area contributed by atoms with Gasteiger partial charge in [-0.25, -0.2) is 0 Å². The molecule has 1 amide bonds. The number of amides is 1. The summed E-state index contributed by atoms with van der Waals surface area (Å²) in [5.41, 5.74) is 2.61. The molecule has 2 aromatic heterocycles. The largest absolute Gasteiger partial charge is 0.345 e. The van der Waals surface area contributed by atoms with E-state index in [4.69, 9.17) is 0 Å². The van der Waals surface area contributed by atoms with E-state index in [0.717, 1.165) is 43.9 Å². The normalized spacial score (nSPS) is 21.6. The van der Waals surface area contributed by atoms with Crippen LogP contribution in [0.4, 0.5) is 0 Å². The number of nitrogens with zero attached hydrogens (tertiary/aromatic N) is 4. The van der Waals surface area contributed by atoms with Crippen LogP contribution in [0.15, 0.2) is 30.6 Å². The molecule has 6 heteroatoms. The molecule has 1 saturated heterocycles. The summed E-state index contributed by atoms with van der Waals surface area (Å²) in [6, 6.07) is 6.02. The first kappa shape index (κ1) is 16.6. The number of nitrogens with one attached hydrogen (secondary N) is 1. The van der Waals surface area contributed by atoms with Gasteiger partial charge in [0, 0.05) is 38.8 Å². The van der Waals surface area contributed by atoms with Crippen molar-refractivity contribution >= 4 is 5.91 Å². The van der Waals surface area contributed by atoms with Crippen LogP contribution in [0.25, 0.3) is 0 Å². The third-order valence-corrected chi connectivity index (χ3v) is 4.77. The molecule has 0 radical (unpaired) electrons. The van der Waals surface area contributed by atoms with E-state index in [1.54, 1.807) is 25.2 Å². The maximum absolute atomic E-state index is 12.4. The molecule has 2 aromatic rings. The number of carbonyl (C=O) groups excluding carboxylic acids is 1. The van der Waals surface area contributed by atoms with Gasteiger partial charge in [0.05, 0.1) is 23.1 Å². The molecule has 3 heterocycles. The number of carbonyl (C=O) groups is 1. The monoisotopic (exact) mass is 327 g/mol. The fraction of sp³-hybridized carbons (Fsp3) is 0.500. The second kappa shape index (κ2) is 6.73. The summed E-state index contributed by atoms with van der Waals surface area (Å²) in [6.07, 6.45) is 5.63. The standard InChI is InChI=1S/C18H25N5O/c1-18(16-15(11-20-21-16)17(24)22(2)3)8-6-10-23(13-18)12-14-7-4-5-9-19-14/h4-5,7,9,11H,6,8,10,12-13H2,1-3H3,(H,20,21). The Balaban J connectivity index is 1.80. The summed E-state index contributed by atoms with van der Waals surface area (Å²) in [4.78, 5) is 20.9. The maximum atomic E-state index is 12.4. The van der Waals surface area contributed by atoms with Crippen molar-refractivity contribution in [3.63, 3.8) is 0 Å². The summed E-state index contributed by atoms with van der Waals surface area (Å²) in [5, 5.41) is 7.25. The summed E-state index contributed by atoms with van der Waals surface area (Å²) in [5.74, 6) is 0.00169. The Morgan fingerprint density at radius 3 is 2.96 bits per heavy atom. The number of H-pyrrole nitrogens is 1. The number of piperidine rings is 1. The van der Waals surface area contributed by atoms with Crippen molar-refractivity contribution in [2.75, 3.05) is 27.2 Å². The zero-order chi connectivity index (χ0) is 17.2. The van der Waals surface area contributed by atoms with Crippen molar-refractivity contribution in [3.05, 3.63) is 47.5 Å². The summed E-state index contributed by atoms with van der Waals surface area (Å²) in [6.45, 7) is 5.00. The molecule has 0 bridgehead atoms. The lowest BCUT2D eigenvalue weighted by Gasteiger charge is -2.40. The van der Waals surface area contributed by atoms with Crippen LogP contribution >= 0.6 is 0 Å². The van der Waals surface area contributed by atoms with E-state index in [1.165, 1.54) is 0 Å². The second-order valence-corrected chi connectivity index (χ2v) is 7.05. The summed E-state index contributed by atoms with van der Waals surface area (Å²) >= 11 is 0. The summed E-state index contributed by atoms with van der Waals surface area (Å²) in [7, 11) is 3.55. The molecule has 1 aliphatic rings. The topological polar surface area (TPSA) is 65.1 Å². The van der Waals surface area contributed by atoms with Gasteiger partial charge in [0.2, 0.25) is 0 Å². The lowest BCUT2D eigenvalue weighted by molar-refractivity contribution is 0.0820. The second-order valence-electron chi connectivity index (χ2n) is 7.05. The predicted octanol–water partition coefficient (Wildman–Crippen LogP) is 2.06. The van der Waals surface area contributed by atoms with Crippen LogP contribution in [-0.4, -0.2) is 58.1 Å². The quantitative estimate of drug-likeness (QED) is 0.933. The van der Waals surface area contributed by atoms with Gasteiger partial charge in [-0.15, -0.1) is 0 Å². The number of pyridine rings is 1. The predicted molar refractivity (Wildman–Crippen MR) is 92.7 cm³/mol. The number of hydrogen-bond donors (Lipinski definition) is 1. The number of aromatic amines is 1. The third-order valence-electron chi connectivity index (χ3n) is 4.77. The zero-order valence-electron chi connectivity index (χ0n) is 14.6. The first-order valence-electron chi connectivity index (χ1n) is 8.37. The highest BCUT2D eigenvalue weighted by atomic mass is 16.2. The Labute approximate surface area is 142 Å². The number of aromatic nitrogens is 3. The van der Waals surface area contributed by atoms with Crippen molar-refractivity contribution in [1.29, 1.82) is 0 Å². The van der Waals surface area contributed by atoms with E-state index in [9.17, 15) is 4.79 Å². The van der Waals surface area contributed by atoms with Gasteiger partial charge >= 0.3 is 0 Å². The number of hydrogen-bond acceptors (Lipinski definition) is 4. The Morgan fingerprint density at radius 2 is 2.25 bits per heavy atom. The molecule has 0 saturated carbocycles. The van der Waals surface area contributed by atoms with E-state index >= 15 is 0 Å². The number of likely N-dealkylation sites (tertiary alicyclic amines) is 1. The van der Waals surface area contributed by atoms with E-state index in [-0.39, 0.29) is 11.3 Å². The minimum atomic E-state index is -0.107. The zero-order valence-corrected chi connectivity index (χ0v) is 14.6. The molecule has 3 rings (SSSR count). The Kier molecular flexibility index (Phi) is 4.66. The van der Waals surface area contributed by atoms with Crippen molar-refractivity contribution < 1.29 is 4.79 Å². The van der Waals surface area contributed by atoms with Gasteiger partial charge < -0.3 is 4.90 Å². The molecule has 0 aromatic carbocycles. The Bertz CT molecular complexity index is 696. The van der Waals surface area contributed by atoms with Crippen LogP contribution in [-0.2, 0) is 12.0 Å². The van der Waals surface area contributed by atoms with Crippen LogP contribution in [0.5, 0.6) is 0 Å². The van der Waals surface area contributed by atoms with Gasteiger partial charge in [-0.3, -0.25) is 19.8 Å². The van der Waals surface area contributed by atoms with Crippen LogP contribution in [0.3, 0.4) is 0 Å². The van der Waals surface area contributed by atoms with Crippen LogP contribution in [0, 0.1) is 0 Å².